The van der Waals surface area contributed by atoms with E-state index in [1.807, 2.05) is 30.3 Å². The van der Waals surface area contributed by atoms with Crippen LogP contribution >= 0.6 is 12.4 Å². The lowest BCUT2D eigenvalue weighted by Gasteiger charge is -2.30. The molecule has 2 heterocycles. The van der Waals surface area contributed by atoms with Crippen molar-refractivity contribution in [3.63, 3.8) is 0 Å². The van der Waals surface area contributed by atoms with Crippen LogP contribution in [0.1, 0.15) is 55.5 Å². The number of aliphatic hydroxyl groups is 1. The number of likely N-dealkylation sites (tertiary alicyclic amines) is 1. The van der Waals surface area contributed by atoms with Gasteiger partial charge in [0.05, 0.1) is 19.2 Å². The topological polar surface area (TPSA) is 88.4 Å². The van der Waals surface area contributed by atoms with Crippen LogP contribution in [0.4, 0.5) is 0 Å². The summed E-state index contributed by atoms with van der Waals surface area (Å²) in [7, 11) is 0. The van der Waals surface area contributed by atoms with Crippen molar-refractivity contribution >= 4 is 12.4 Å². The Morgan fingerprint density at radius 1 is 1.24 bits per heavy atom. The van der Waals surface area contributed by atoms with Gasteiger partial charge in [0.15, 0.2) is 5.82 Å². The molecule has 1 fully saturated rings. The van der Waals surface area contributed by atoms with Crippen molar-refractivity contribution in [2.24, 2.45) is 5.73 Å². The molecule has 7 heteroatoms. The van der Waals surface area contributed by atoms with Crippen LogP contribution < -0.4 is 5.73 Å². The summed E-state index contributed by atoms with van der Waals surface area (Å²) in [6, 6.07) is 10.2. The average Bonchev–Trinajstić information content (AvgIpc) is 2.97. The molecule has 3 rings (SSSR count). The van der Waals surface area contributed by atoms with Gasteiger partial charge in [-0.3, -0.25) is 4.90 Å². The van der Waals surface area contributed by atoms with E-state index in [2.05, 4.69) is 15.0 Å². The number of nitrogens with two attached hydrogens (primary N) is 1. The van der Waals surface area contributed by atoms with Crippen molar-refractivity contribution in [2.75, 3.05) is 6.54 Å². The molecule has 0 aliphatic carbocycles. The van der Waals surface area contributed by atoms with E-state index < -0.39 is 6.10 Å². The maximum Gasteiger partial charge on any atom is 0.240 e. The van der Waals surface area contributed by atoms with Crippen molar-refractivity contribution in [3.8, 4) is 0 Å². The van der Waals surface area contributed by atoms with Crippen LogP contribution in [0.25, 0.3) is 0 Å². The van der Waals surface area contributed by atoms with Gasteiger partial charge in [-0.15, -0.1) is 12.4 Å². The molecular formula is C18H27ClN4O2. The maximum absolute atomic E-state index is 10.6. The summed E-state index contributed by atoms with van der Waals surface area (Å²) < 4.78 is 5.11. The number of nitrogens with zero attached hydrogens (tertiary/aromatic N) is 3. The fourth-order valence-corrected chi connectivity index (χ4v) is 3.40. The molecule has 1 aliphatic rings. The van der Waals surface area contributed by atoms with E-state index >= 15 is 0 Å². The number of hydrogen-bond acceptors (Lipinski definition) is 6. The quantitative estimate of drug-likeness (QED) is 0.817. The van der Waals surface area contributed by atoms with Gasteiger partial charge in [0.2, 0.25) is 5.89 Å². The van der Waals surface area contributed by atoms with Crippen LogP contribution in [-0.4, -0.2) is 32.7 Å². The lowest BCUT2D eigenvalue weighted by Crippen LogP contribution is -2.36. The first-order chi connectivity index (χ1) is 11.8. The number of hydrogen-bond donors (Lipinski definition) is 2. The van der Waals surface area contributed by atoms with E-state index in [9.17, 15) is 5.11 Å². The zero-order valence-electron chi connectivity index (χ0n) is 14.4. The van der Waals surface area contributed by atoms with E-state index in [0.717, 1.165) is 24.9 Å². The molecular weight excluding hydrogens is 340 g/mol. The van der Waals surface area contributed by atoms with E-state index in [-0.39, 0.29) is 19.0 Å². The summed E-state index contributed by atoms with van der Waals surface area (Å²) in [5, 5.41) is 14.6. The van der Waals surface area contributed by atoms with Gasteiger partial charge >= 0.3 is 0 Å². The molecule has 3 N–H and O–H groups in total. The van der Waals surface area contributed by atoms with Gasteiger partial charge in [0, 0.05) is 6.04 Å². The molecule has 2 aromatic rings. The molecule has 0 radical (unpaired) electrons. The van der Waals surface area contributed by atoms with Gasteiger partial charge in [-0.25, -0.2) is 0 Å². The van der Waals surface area contributed by atoms with Crippen molar-refractivity contribution < 1.29 is 9.63 Å². The summed E-state index contributed by atoms with van der Waals surface area (Å²) >= 11 is 0. The highest BCUT2D eigenvalue weighted by atomic mass is 35.5. The fourth-order valence-electron chi connectivity index (χ4n) is 3.40. The highest BCUT2D eigenvalue weighted by molar-refractivity contribution is 5.85. The van der Waals surface area contributed by atoms with Crippen LogP contribution in [0.5, 0.6) is 0 Å². The molecule has 6 nitrogen and oxygen atoms in total. The van der Waals surface area contributed by atoms with Gasteiger partial charge in [0.1, 0.15) is 0 Å². The molecule has 1 aliphatic heterocycles. The molecule has 0 spiro atoms. The number of benzene rings is 1. The Bertz CT molecular complexity index is 623. The predicted octanol–water partition coefficient (Wildman–Crippen LogP) is 2.82. The van der Waals surface area contributed by atoms with Crippen molar-refractivity contribution in [3.05, 3.63) is 47.6 Å². The SMILES string of the molecule is Cl.NCc1nc(CN2CCCCCC2CC(O)c2ccccc2)no1. The third-order valence-corrected chi connectivity index (χ3v) is 4.71. The van der Waals surface area contributed by atoms with Crippen LogP contribution in [0.15, 0.2) is 34.9 Å². The normalized spacial score (nSPS) is 19.8. The zero-order valence-corrected chi connectivity index (χ0v) is 15.2. The molecule has 2 unspecified atom stereocenters. The molecule has 0 saturated carbocycles. The lowest BCUT2D eigenvalue weighted by molar-refractivity contribution is 0.0955. The Balaban J connectivity index is 0.00000225. The number of aliphatic hydroxyl groups excluding tert-OH is 1. The molecule has 1 saturated heterocycles. The summed E-state index contributed by atoms with van der Waals surface area (Å²) in [6.45, 7) is 1.91. The van der Waals surface area contributed by atoms with Gasteiger partial charge in [-0.2, -0.15) is 4.98 Å². The molecule has 1 aromatic heterocycles. The average molecular weight is 367 g/mol. The van der Waals surface area contributed by atoms with Crippen LogP contribution in [0.3, 0.4) is 0 Å². The Morgan fingerprint density at radius 3 is 2.76 bits per heavy atom. The minimum atomic E-state index is -0.443. The predicted molar refractivity (Wildman–Crippen MR) is 98.1 cm³/mol. The smallest absolute Gasteiger partial charge is 0.240 e. The van der Waals surface area contributed by atoms with E-state index in [1.165, 1.54) is 19.3 Å². The van der Waals surface area contributed by atoms with Crippen LogP contribution in [0, 0.1) is 0 Å². The second-order valence-corrected chi connectivity index (χ2v) is 6.44. The minimum Gasteiger partial charge on any atom is -0.388 e. The molecule has 2 atom stereocenters. The molecule has 1 aromatic carbocycles. The summed E-state index contributed by atoms with van der Waals surface area (Å²) in [6.07, 6.45) is 4.97. The second kappa shape index (κ2) is 9.87. The van der Waals surface area contributed by atoms with Gasteiger partial charge in [0.25, 0.3) is 0 Å². The summed E-state index contributed by atoms with van der Waals surface area (Å²) in [5.41, 5.74) is 6.51. The second-order valence-electron chi connectivity index (χ2n) is 6.44. The monoisotopic (exact) mass is 366 g/mol. The van der Waals surface area contributed by atoms with Gasteiger partial charge < -0.3 is 15.4 Å². The highest BCUT2D eigenvalue weighted by Gasteiger charge is 2.25. The lowest BCUT2D eigenvalue weighted by atomic mass is 9.98. The van der Waals surface area contributed by atoms with Crippen molar-refractivity contribution in [2.45, 2.75) is 57.3 Å². The fraction of sp³-hybridized carbons (Fsp3) is 0.556. The van der Waals surface area contributed by atoms with Crippen LogP contribution in [-0.2, 0) is 13.1 Å². The van der Waals surface area contributed by atoms with Crippen molar-refractivity contribution in [1.29, 1.82) is 0 Å². The number of halogens is 1. The molecule has 25 heavy (non-hydrogen) atoms. The summed E-state index contributed by atoms with van der Waals surface area (Å²) in [4.78, 5) is 6.70. The molecule has 0 bridgehead atoms. The first-order valence-corrected chi connectivity index (χ1v) is 8.75. The minimum absolute atomic E-state index is 0. The highest BCUT2D eigenvalue weighted by Crippen LogP contribution is 2.27. The largest absolute Gasteiger partial charge is 0.388 e. The zero-order chi connectivity index (χ0) is 16.8. The van der Waals surface area contributed by atoms with E-state index in [0.29, 0.717) is 24.3 Å². The van der Waals surface area contributed by atoms with Gasteiger partial charge in [-0.05, 0) is 31.4 Å². The first kappa shape index (κ1) is 19.8. The number of aromatic nitrogens is 2. The van der Waals surface area contributed by atoms with Crippen molar-refractivity contribution in [1.82, 2.24) is 15.0 Å². The molecule has 138 valence electrons. The Hall–Kier alpha value is -1.47. The first-order valence-electron chi connectivity index (χ1n) is 8.75. The third kappa shape index (κ3) is 5.51. The van der Waals surface area contributed by atoms with Gasteiger partial charge in [-0.1, -0.05) is 48.3 Å². The summed E-state index contributed by atoms with van der Waals surface area (Å²) in [5.74, 6) is 1.15. The maximum atomic E-state index is 10.6. The Labute approximate surface area is 154 Å². The standard InChI is InChI=1S/C18H26N4O2.ClH/c19-12-18-20-17(21-24-18)13-22-10-6-2-5-9-15(22)11-16(23)14-7-3-1-4-8-14;/h1,3-4,7-8,15-16,23H,2,5-6,9-13,19H2;1H. The van der Waals surface area contributed by atoms with Crippen LogP contribution in [0.2, 0.25) is 0 Å². The van der Waals surface area contributed by atoms with E-state index in [1.54, 1.807) is 0 Å². The Morgan fingerprint density at radius 2 is 2.04 bits per heavy atom. The third-order valence-electron chi connectivity index (χ3n) is 4.71. The van der Waals surface area contributed by atoms with E-state index in [4.69, 9.17) is 10.3 Å². The number of rotatable bonds is 6. The molecule has 0 amide bonds. The Kier molecular flexibility index (Phi) is 7.84.